The lowest BCUT2D eigenvalue weighted by Gasteiger charge is -2.16. The molecule has 0 saturated heterocycles. The number of aryl methyl sites for hydroxylation is 3. The Morgan fingerprint density at radius 1 is 1.41 bits per heavy atom. The molecular weight excluding hydrogens is 216 g/mol. The fraction of sp³-hybridized carbons (Fsp3) is 0.545. The van der Waals surface area contributed by atoms with E-state index in [1.807, 2.05) is 30.4 Å². The molecule has 0 fully saturated rings. The van der Waals surface area contributed by atoms with Gasteiger partial charge in [0.15, 0.2) is 0 Å². The van der Waals surface area contributed by atoms with Crippen molar-refractivity contribution in [2.45, 2.75) is 26.4 Å². The molecular formula is C11H18N6. The van der Waals surface area contributed by atoms with Crippen molar-refractivity contribution >= 4 is 0 Å². The molecule has 2 aromatic heterocycles. The zero-order valence-electron chi connectivity index (χ0n) is 10.7. The van der Waals surface area contributed by atoms with E-state index in [1.165, 1.54) is 0 Å². The van der Waals surface area contributed by atoms with Crippen LogP contribution in [0.3, 0.4) is 0 Å². The maximum atomic E-state index is 4.37. The molecule has 17 heavy (non-hydrogen) atoms. The number of hydrogen-bond acceptors (Lipinski definition) is 4. The maximum absolute atomic E-state index is 4.37. The van der Waals surface area contributed by atoms with E-state index in [4.69, 9.17) is 0 Å². The van der Waals surface area contributed by atoms with Gasteiger partial charge in [0.1, 0.15) is 0 Å². The average Bonchev–Trinajstić information content (AvgIpc) is 2.88. The molecule has 6 heteroatoms. The van der Waals surface area contributed by atoms with Crippen LogP contribution in [0, 0.1) is 6.92 Å². The summed E-state index contributed by atoms with van der Waals surface area (Å²) in [4.78, 5) is 0. The van der Waals surface area contributed by atoms with E-state index >= 15 is 0 Å². The predicted molar refractivity (Wildman–Crippen MR) is 64.5 cm³/mol. The predicted octanol–water partition coefficient (Wildman–Crippen LogP) is 0.649. The summed E-state index contributed by atoms with van der Waals surface area (Å²) >= 11 is 0. The Kier molecular flexibility index (Phi) is 3.23. The van der Waals surface area contributed by atoms with Crippen molar-refractivity contribution in [1.82, 2.24) is 30.1 Å². The van der Waals surface area contributed by atoms with Crippen molar-refractivity contribution in [1.29, 1.82) is 0 Å². The average molecular weight is 234 g/mol. The molecule has 1 unspecified atom stereocenters. The Bertz CT molecular complexity index is 498. The molecule has 2 heterocycles. The minimum absolute atomic E-state index is 0.0659. The molecule has 0 aliphatic rings. The van der Waals surface area contributed by atoms with E-state index in [-0.39, 0.29) is 6.04 Å². The lowest BCUT2D eigenvalue weighted by molar-refractivity contribution is 0.528. The third kappa shape index (κ3) is 2.08. The van der Waals surface area contributed by atoms with Crippen LogP contribution in [0.1, 0.15) is 30.0 Å². The van der Waals surface area contributed by atoms with Crippen LogP contribution in [0.2, 0.25) is 0 Å². The lowest BCUT2D eigenvalue weighted by atomic mass is 10.1. The molecule has 2 aromatic rings. The molecule has 0 aromatic carbocycles. The fourth-order valence-electron chi connectivity index (χ4n) is 2.08. The minimum atomic E-state index is 0.0659. The summed E-state index contributed by atoms with van der Waals surface area (Å²) in [5, 5.41) is 15.7. The van der Waals surface area contributed by atoms with Gasteiger partial charge in [-0.3, -0.25) is 4.68 Å². The summed E-state index contributed by atoms with van der Waals surface area (Å²) in [6, 6.07) is 2.14. The zero-order chi connectivity index (χ0) is 12.4. The molecule has 0 aliphatic heterocycles. The van der Waals surface area contributed by atoms with Gasteiger partial charge in [-0.05, 0) is 27.0 Å². The van der Waals surface area contributed by atoms with Crippen LogP contribution in [0.5, 0.6) is 0 Å². The summed E-state index contributed by atoms with van der Waals surface area (Å²) in [7, 11) is 3.88. The quantitative estimate of drug-likeness (QED) is 0.843. The first-order chi connectivity index (χ1) is 8.17. The lowest BCUT2D eigenvalue weighted by Crippen LogP contribution is -2.23. The first-order valence-corrected chi connectivity index (χ1v) is 5.73. The minimum Gasteiger partial charge on any atom is -0.307 e. The Labute approximate surface area is 101 Å². The van der Waals surface area contributed by atoms with Crippen LogP contribution < -0.4 is 5.32 Å². The van der Waals surface area contributed by atoms with E-state index in [0.717, 1.165) is 23.6 Å². The van der Waals surface area contributed by atoms with Gasteiger partial charge < -0.3 is 5.32 Å². The van der Waals surface area contributed by atoms with Gasteiger partial charge in [0.25, 0.3) is 0 Å². The first-order valence-electron chi connectivity index (χ1n) is 5.73. The molecule has 0 aliphatic carbocycles. The molecule has 0 spiro atoms. The third-order valence-corrected chi connectivity index (χ3v) is 2.87. The van der Waals surface area contributed by atoms with Crippen molar-refractivity contribution < 1.29 is 0 Å². The van der Waals surface area contributed by atoms with Gasteiger partial charge in [-0.25, -0.2) is 4.68 Å². The summed E-state index contributed by atoms with van der Waals surface area (Å²) < 4.78 is 3.78. The van der Waals surface area contributed by atoms with Crippen LogP contribution in [0.25, 0.3) is 0 Å². The smallest absolute Gasteiger partial charge is 0.0932 e. The number of nitrogens with zero attached hydrogens (tertiary/aromatic N) is 5. The SMILES string of the molecule is CCn1nncc1C(NC)c1cc(C)nn1C. The van der Waals surface area contributed by atoms with Crippen molar-refractivity contribution in [2.24, 2.45) is 7.05 Å². The summed E-state index contributed by atoms with van der Waals surface area (Å²) in [6.07, 6.45) is 1.80. The van der Waals surface area contributed by atoms with Crippen LogP contribution in [-0.4, -0.2) is 31.8 Å². The number of hydrogen-bond donors (Lipinski definition) is 1. The van der Waals surface area contributed by atoms with Gasteiger partial charge in [0.2, 0.25) is 0 Å². The molecule has 0 saturated carbocycles. The van der Waals surface area contributed by atoms with E-state index in [9.17, 15) is 0 Å². The van der Waals surface area contributed by atoms with Gasteiger partial charge in [0.05, 0.1) is 29.3 Å². The number of aromatic nitrogens is 5. The standard InChI is InChI=1S/C11H18N6/c1-5-17-10(7-13-15-17)11(12-3)9-6-8(2)14-16(9)4/h6-7,11-12H,5H2,1-4H3. The highest BCUT2D eigenvalue weighted by atomic mass is 15.4. The summed E-state index contributed by atoms with van der Waals surface area (Å²) in [6.45, 7) is 4.86. The highest BCUT2D eigenvalue weighted by Gasteiger charge is 2.20. The topological polar surface area (TPSA) is 60.6 Å². The second-order valence-electron chi connectivity index (χ2n) is 4.03. The highest BCUT2D eigenvalue weighted by Crippen LogP contribution is 2.21. The van der Waals surface area contributed by atoms with Crippen molar-refractivity contribution in [3.63, 3.8) is 0 Å². The van der Waals surface area contributed by atoms with Crippen LogP contribution in [-0.2, 0) is 13.6 Å². The molecule has 0 bridgehead atoms. The van der Waals surface area contributed by atoms with Gasteiger partial charge in [-0.15, -0.1) is 5.10 Å². The molecule has 0 radical (unpaired) electrons. The van der Waals surface area contributed by atoms with E-state index in [2.05, 4.69) is 33.7 Å². The van der Waals surface area contributed by atoms with Crippen molar-refractivity contribution in [3.05, 3.63) is 29.3 Å². The molecule has 0 amide bonds. The third-order valence-electron chi connectivity index (χ3n) is 2.87. The second kappa shape index (κ2) is 4.67. The van der Waals surface area contributed by atoms with Crippen molar-refractivity contribution in [3.8, 4) is 0 Å². The van der Waals surface area contributed by atoms with Crippen LogP contribution in [0.4, 0.5) is 0 Å². The van der Waals surface area contributed by atoms with Crippen molar-refractivity contribution in [2.75, 3.05) is 7.05 Å². The Balaban J connectivity index is 2.43. The largest absolute Gasteiger partial charge is 0.307 e. The monoisotopic (exact) mass is 234 g/mol. The fourth-order valence-corrected chi connectivity index (χ4v) is 2.08. The number of rotatable bonds is 4. The normalized spacial score (nSPS) is 12.9. The summed E-state index contributed by atoms with van der Waals surface area (Å²) in [5.74, 6) is 0. The maximum Gasteiger partial charge on any atom is 0.0932 e. The molecule has 1 atom stereocenters. The van der Waals surface area contributed by atoms with Crippen LogP contribution in [0.15, 0.2) is 12.3 Å². The molecule has 92 valence electrons. The van der Waals surface area contributed by atoms with Gasteiger partial charge in [0, 0.05) is 13.6 Å². The van der Waals surface area contributed by atoms with E-state index in [1.54, 1.807) is 6.20 Å². The molecule has 6 nitrogen and oxygen atoms in total. The van der Waals surface area contributed by atoms with E-state index < -0.39 is 0 Å². The Morgan fingerprint density at radius 3 is 2.71 bits per heavy atom. The van der Waals surface area contributed by atoms with Gasteiger partial charge >= 0.3 is 0 Å². The first kappa shape index (κ1) is 11.8. The number of nitrogens with one attached hydrogen (secondary N) is 1. The Morgan fingerprint density at radius 2 is 2.18 bits per heavy atom. The molecule has 2 rings (SSSR count). The van der Waals surface area contributed by atoms with E-state index in [0.29, 0.717) is 0 Å². The summed E-state index contributed by atoms with van der Waals surface area (Å²) in [5.41, 5.74) is 3.18. The van der Waals surface area contributed by atoms with Gasteiger partial charge in [-0.1, -0.05) is 5.21 Å². The Hall–Kier alpha value is -1.69. The molecule has 1 N–H and O–H groups in total. The second-order valence-corrected chi connectivity index (χ2v) is 4.03. The van der Waals surface area contributed by atoms with Crippen LogP contribution >= 0.6 is 0 Å². The zero-order valence-corrected chi connectivity index (χ0v) is 10.7. The highest BCUT2D eigenvalue weighted by molar-refractivity contribution is 5.22. The van der Waals surface area contributed by atoms with Gasteiger partial charge in [-0.2, -0.15) is 5.10 Å².